The molecule has 0 bridgehead atoms. The van der Waals surface area contributed by atoms with Crippen molar-refractivity contribution in [3.05, 3.63) is 23.8 Å². The van der Waals surface area contributed by atoms with Crippen molar-refractivity contribution in [2.45, 2.75) is 4.90 Å². The summed E-state index contributed by atoms with van der Waals surface area (Å²) in [6, 6.07) is 4.50. The molecular weight excluding hydrogens is 260 g/mol. The van der Waals surface area contributed by atoms with E-state index in [0.29, 0.717) is 5.75 Å². The number of carbonyl (C=O) groups is 1. The van der Waals surface area contributed by atoms with E-state index < -0.39 is 16.1 Å². The lowest BCUT2D eigenvalue weighted by atomic mass is 10.2. The minimum absolute atomic E-state index is 0.00625. The van der Waals surface area contributed by atoms with Crippen LogP contribution >= 0.6 is 0 Å². The second-order valence-electron chi connectivity index (χ2n) is 3.36. The Hall–Kier alpha value is -2.09. The molecule has 1 aliphatic rings. The molecule has 0 radical (unpaired) electrons. The summed E-state index contributed by atoms with van der Waals surface area (Å²) in [5, 5.41) is 2.24. The van der Waals surface area contributed by atoms with Gasteiger partial charge in [-0.05, 0) is 12.1 Å². The summed E-state index contributed by atoms with van der Waals surface area (Å²) < 4.78 is 36.5. The maximum Gasteiger partial charge on any atom is 0.412 e. The Kier molecular flexibility index (Phi) is 2.95. The third-order valence-corrected chi connectivity index (χ3v) is 3.66. The first-order valence-electron chi connectivity index (χ1n) is 4.87. The van der Waals surface area contributed by atoms with E-state index >= 15 is 0 Å². The van der Waals surface area contributed by atoms with Crippen molar-refractivity contribution in [1.82, 2.24) is 5.32 Å². The minimum Gasteiger partial charge on any atom is -0.496 e. The summed E-state index contributed by atoms with van der Waals surface area (Å²) >= 11 is 0. The molecule has 0 aliphatic carbocycles. The summed E-state index contributed by atoms with van der Waals surface area (Å²) in [6.45, 7) is 0. The fraction of sp³-hybridized carbons (Fsp3) is 0.200. The van der Waals surface area contributed by atoms with Crippen LogP contribution in [0.2, 0.25) is 0 Å². The van der Waals surface area contributed by atoms with E-state index in [-0.39, 0.29) is 16.3 Å². The first-order valence-corrected chi connectivity index (χ1v) is 6.31. The van der Waals surface area contributed by atoms with Gasteiger partial charge in [-0.25, -0.2) is 4.79 Å². The molecule has 0 unspecified atom stereocenters. The van der Waals surface area contributed by atoms with Gasteiger partial charge in [0.05, 0.1) is 19.8 Å². The first-order chi connectivity index (χ1) is 8.49. The van der Waals surface area contributed by atoms with Crippen molar-refractivity contribution in [3.8, 4) is 5.75 Å². The molecular formula is C10H10N2O5S. The number of benzene rings is 1. The van der Waals surface area contributed by atoms with Crippen molar-refractivity contribution in [3.63, 3.8) is 0 Å². The summed E-state index contributed by atoms with van der Waals surface area (Å²) in [7, 11) is -1.24. The number of rotatable bonds is 1. The van der Waals surface area contributed by atoms with Crippen molar-refractivity contribution < 1.29 is 22.7 Å². The second kappa shape index (κ2) is 4.30. The average Bonchev–Trinajstić information content (AvgIpc) is 2.61. The molecule has 1 aromatic rings. The topological polar surface area (TPSA) is 94.1 Å². The second-order valence-corrected chi connectivity index (χ2v) is 4.94. The largest absolute Gasteiger partial charge is 0.496 e. The van der Waals surface area contributed by atoms with Gasteiger partial charge in [0.2, 0.25) is 0 Å². The Morgan fingerprint density at radius 1 is 1.33 bits per heavy atom. The van der Waals surface area contributed by atoms with Gasteiger partial charge in [0.25, 0.3) is 10.0 Å². The smallest absolute Gasteiger partial charge is 0.412 e. The number of ether oxygens (including phenoxy) is 2. The summed E-state index contributed by atoms with van der Waals surface area (Å²) in [5.74, 6) is 0.207. The average molecular weight is 270 g/mol. The van der Waals surface area contributed by atoms with Crippen LogP contribution < -0.4 is 10.1 Å². The van der Waals surface area contributed by atoms with Crippen LogP contribution in [0.4, 0.5) is 4.79 Å². The van der Waals surface area contributed by atoms with Crippen molar-refractivity contribution >= 4 is 22.0 Å². The Balaban J connectivity index is 2.58. The number of hydrogen-bond acceptors (Lipinski definition) is 5. The summed E-state index contributed by atoms with van der Waals surface area (Å²) in [5.41, 5.74) is 0.227. The summed E-state index contributed by atoms with van der Waals surface area (Å²) in [4.78, 5) is 11.1. The van der Waals surface area contributed by atoms with Gasteiger partial charge in [0.15, 0.2) is 5.84 Å². The Morgan fingerprint density at radius 3 is 2.67 bits per heavy atom. The number of nitrogens with zero attached hydrogens (tertiary/aromatic N) is 1. The number of sulfonamides is 1. The van der Waals surface area contributed by atoms with Gasteiger partial charge >= 0.3 is 6.09 Å². The molecule has 0 saturated heterocycles. The zero-order valence-electron chi connectivity index (χ0n) is 9.63. The predicted molar refractivity (Wildman–Crippen MR) is 62.3 cm³/mol. The van der Waals surface area contributed by atoms with Crippen molar-refractivity contribution in [2.24, 2.45) is 4.40 Å². The molecule has 0 fully saturated rings. The molecule has 1 amide bonds. The van der Waals surface area contributed by atoms with Gasteiger partial charge in [-0.1, -0.05) is 6.07 Å². The lowest BCUT2D eigenvalue weighted by Gasteiger charge is -2.08. The monoisotopic (exact) mass is 270 g/mol. The molecule has 0 spiro atoms. The van der Waals surface area contributed by atoms with Gasteiger partial charge in [-0.15, -0.1) is 4.40 Å². The third kappa shape index (κ3) is 1.90. The Labute approximate surface area is 103 Å². The van der Waals surface area contributed by atoms with Gasteiger partial charge in [0, 0.05) is 0 Å². The van der Waals surface area contributed by atoms with E-state index in [9.17, 15) is 13.2 Å². The lowest BCUT2D eigenvalue weighted by molar-refractivity contribution is 0.177. The number of carbonyl (C=O) groups excluding carboxylic acids is 1. The van der Waals surface area contributed by atoms with Crippen LogP contribution in [0.5, 0.6) is 5.75 Å². The van der Waals surface area contributed by atoms with Crippen molar-refractivity contribution in [2.75, 3.05) is 14.2 Å². The quantitative estimate of drug-likeness (QED) is 0.802. The highest BCUT2D eigenvalue weighted by atomic mass is 32.2. The SMILES string of the molecule is COC(=O)NC1=NS(=O)(=O)c2cccc(OC)c21. The van der Waals surface area contributed by atoms with E-state index in [1.54, 1.807) is 6.07 Å². The summed E-state index contributed by atoms with van der Waals surface area (Å²) in [6.07, 6.45) is -0.803. The molecule has 18 heavy (non-hydrogen) atoms. The van der Waals surface area contributed by atoms with E-state index in [4.69, 9.17) is 4.74 Å². The maximum atomic E-state index is 11.8. The number of alkyl carbamates (subject to hydrolysis) is 1. The highest BCUT2D eigenvalue weighted by molar-refractivity contribution is 7.90. The lowest BCUT2D eigenvalue weighted by Crippen LogP contribution is -2.30. The highest BCUT2D eigenvalue weighted by Gasteiger charge is 2.32. The number of hydrogen-bond donors (Lipinski definition) is 1. The molecule has 1 heterocycles. The third-order valence-electron chi connectivity index (χ3n) is 2.34. The molecule has 0 saturated carbocycles. The van der Waals surface area contributed by atoms with Crippen LogP contribution in [0, 0.1) is 0 Å². The zero-order valence-corrected chi connectivity index (χ0v) is 10.4. The molecule has 8 heteroatoms. The van der Waals surface area contributed by atoms with Crippen LogP contribution in [-0.4, -0.2) is 34.6 Å². The molecule has 2 rings (SSSR count). The normalized spacial score (nSPS) is 15.6. The number of fused-ring (bicyclic) bond motifs is 1. The van der Waals surface area contributed by atoms with Gasteiger partial charge in [0.1, 0.15) is 10.6 Å². The van der Waals surface area contributed by atoms with E-state index in [0.717, 1.165) is 0 Å². The zero-order chi connectivity index (χ0) is 13.3. The first kappa shape index (κ1) is 12.4. The van der Waals surface area contributed by atoms with Crippen LogP contribution in [0.1, 0.15) is 5.56 Å². The van der Waals surface area contributed by atoms with Crippen LogP contribution in [0.3, 0.4) is 0 Å². The fourth-order valence-corrected chi connectivity index (χ4v) is 2.76. The van der Waals surface area contributed by atoms with E-state index in [1.807, 2.05) is 0 Å². The van der Waals surface area contributed by atoms with Crippen LogP contribution in [-0.2, 0) is 14.8 Å². The highest BCUT2D eigenvalue weighted by Crippen LogP contribution is 2.32. The number of nitrogens with one attached hydrogen (secondary N) is 1. The predicted octanol–water partition coefficient (Wildman–Crippen LogP) is 0.500. The van der Waals surface area contributed by atoms with Crippen molar-refractivity contribution in [1.29, 1.82) is 0 Å². The van der Waals surface area contributed by atoms with E-state index in [1.165, 1.54) is 26.4 Å². The molecule has 1 aromatic carbocycles. The van der Waals surface area contributed by atoms with Gasteiger partial charge in [-0.3, -0.25) is 5.32 Å². The van der Waals surface area contributed by atoms with Gasteiger partial charge in [-0.2, -0.15) is 8.42 Å². The van der Waals surface area contributed by atoms with Crippen LogP contribution in [0.15, 0.2) is 27.5 Å². The molecule has 1 aliphatic heterocycles. The molecule has 1 N–H and O–H groups in total. The van der Waals surface area contributed by atoms with E-state index in [2.05, 4.69) is 14.5 Å². The Bertz CT molecular complexity index is 636. The fourth-order valence-electron chi connectivity index (χ4n) is 1.58. The molecule has 7 nitrogen and oxygen atoms in total. The molecule has 0 atom stereocenters. The molecule has 96 valence electrons. The molecule has 0 aromatic heterocycles. The standard InChI is InChI=1S/C10H10N2O5S/c1-16-6-4-3-5-7-8(6)9(11-10(13)17-2)12-18(7,14)15/h3-5H,1-2H3,(H,11,12,13). The minimum atomic E-state index is -3.80. The number of methoxy groups -OCH3 is 2. The number of amidine groups is 1. The Morgan fingerprint density at radius 2 is 2.06 bits per heavy atom. The number of amides is 1. The van der Waals surface area contributed by atoms with Gasteiger partial charge < -0.3 is 9.47 Å². The van der Waals surface area contributed by atoms with Crippen LogP contribution in [0.25, 0.3) is 0 Å². The maximum absolute atomic E-state index is 11.8.